The molecule has 1 heterocycles. The van der Waals surface area contributed by atoms with Gasteiger partial charge >= 0.3 is 0 Å². The fourth-order valence-electron chi connectivity index (χ4n) is 2.27. The Labute approximate surface area is 111 Å². The zero-order valence-electron chi connectivity index (χ0n) is 11.6. The Kier molecular flexibility index (Phi) is 4.80. The van der Waals surface area contributed by atoms with Crippen molar-refractivity contribution < 1.29 is 0 Å². The highest BCUT2D eigenvalue weighted by atomic mass is 15.0. The second-order valence-corrected chi connectivity index (χ2v) is 5.20. The second kappa shape index (κ2) is 6.58. The van der Waals surface area contributed by atoms with Gasteiger partial charge in [-0.3, -0.25) is 4.99 Å². The summed E-state index contributed by atoms with van der Waals surface area (Å²) in [5.74, 6) is 1.80. The molecule has 0 spiro atoms. The smallest absolute Gasteiger partial charge is 0.101 e. The highest BCUT2D eigenvalue weighted by Gasteiger charge is 2.06. The standard InChI is InChI=1S/C16H24N2/c1-3-13(2)14-8-10-15(11-9-14)18-16-7-5-4-6-12-17-16/h8-11,13H,3-7,12H2,1-2H3,(H,17,18). The number of anilines is 1. The van der Waals surface area contributed by atoms with Crippen molar-refractivity contribution in [3.63, 3.8) is 0 Å². The molecule has 0 saturated heterocycles. The number of nitrogens with one attached hydrogen (secondary N) is 1. The number of hydrogen-bond acceptors (Lipinski definition) is 2. The lowest BCUT2D eigenvalue weighted by molar-refractivity contribution is 0.731. The molecule has 1 aromatic carbocycles. The molecular weight excluding hydrogens is 220 g/mol. The largest absolute Gasteiger partial charge is 0.344 e. The zero-order valence-corrected chi connectivity index (χ0v) is 11.6. The van der Waals surface area contributed by atoms with Crippen molar-refractivity contribution in [2.24, 2.45) is 4.99 Å². The Bertz CT molecular complexity index is 392. The van der Waals surface area contributed by atoms with Crippen molar-refractivity contribution in [3.8, 4) is 0 Å². The molecule has 18 heavy (non-hydrogen) atoms. The van der Waals surface area contributed by atoms with E-state index in [1.165, 1.54) is 36.9 Å². The molecule has 0 amide bonds. The molecular formula is C16H24N2. The van der Waals surface area contributed by atoms with Gasteiger partial charge in [-0.05, 0) is 42.9 Å². The lowest BCUT2D eigenvalue weighted by Gasteiger charge is -2.12. The molecule has 98 valence electrons. The lowest BCUT2D eigenvalue weighted by atomic mass is 9.99. The Balaban J connectivity index is 1.99. The third-order valence-corrected chi connectivity index (χ3v) is 3.76. The van der Waals surface area contributed by atoms with Gasteiger partial charge in [-0.25, -0.2) is 0 Å². The predicted molar refractivity (Wildman–Crippen MR) is 79.5 cm³/mol. The van der Waals surface area contributed by atoms with Crippen LogP contribution in [0.3, 0.4) is 0 Å². The lowest BCUT2D eigenvalue weighted by Crippen LogP contribution is -2.11. The van der Waals surface area contributed by atoms with Crippen LogP contribution < -0.4 is 5.32 Å². The van der Waals surface area contributed by atoms with Gasteiger partial charge in [-0.1, -0.05) is 32.4 Å². The number of aliphatic imine (C=N–C) groups is 1. The van der Waals surface area contributed by atoms with E-state index in [-0.39, 0.29) is 0 Å². The number of nitrogens with zero attached hydrogens (tertiary/aromatic N) is 1. The molecule has 2 rings (SSSR count). The molecule has 1 unspecified atom stereocenters. The summed E-state index contributed by atoms with van der Waals surface area (Å²) >= 11 is 0. The molecule has 0 aliphatic carbocycles. The molecule has 1 atom stereocenters. The first-order valence-corrected chi connectivity index (χ1v) is 7.20. The van der Waals surface area contributed by atoms with Gasteiger partial charge in [0.05, 0.1) is 0 Å². The summed E-state index contributed by atoms with van der Waals surface area (Å²) in [7, 11) is 0. The van der Waals surface area contributed by atoms with E-state index in [4.69, 9.17) is 0 Å². The summed E-state index contributed by atoms with van der Waals surface area (Å²) < 4.78 is 0. The maximum atomic E-state index is 4.60. The van der Waals surface area contributed by atoms with E-state index >= 15 is 0 Å². The Morgan fingerprint density at radius 3 is 2.67 bits per heavy atom. The van der Waals surface area contributed by atoms with Crippen LogP contribution in [0.15, 0.2) is 29.3 Å². The van der Waals surface area contributed by atoms with Crippen LogP contribution in [0.1, 0.15) is 57.4 Å². The zero-order chi connectivity index (χ0) is 12.8. The highest BCUT2D eigenvalue weighted by Crippen LogP contribution is 2.21. The first kappa shape index (κ1) is 13.1. The molecule has 0 aromatic heterocycles. The summed E-state index contributed by atoms with van der Waals surface area (Å²) in [5.41, 5.74) is 2.59. The Morgan fingerprint density at radius 1 is 1.17 bits per heavy atom. The Morgan fingerprint density at radius 2 is 1.94 bits per heavy atom. The normalized spacial score (nSPS) is 17.8. The van der Waals surface area contributed by atoms with Gasteiger partial charge in [0.15, 0.2) is 0 Å². The number of benzene rings is 1. The van der Waals surface area contributed by atoms with Crippen LogP contribution in [-0.4, -0.2) is 12.4 Å². The van der Waals surface area contributed by atoms with Gasteiger partial charge in [-0.15, -0.1) is 0 Å². The van der Waals surface area contributed by atoms with E-state index < -0.39 is 0 Å². The molecule has 2 nitrogen and oxygen atoms in total. The summed E-state index contributed by atoms with van der Waals surface area (Å²) in [6, 6.07) is 8.81. The van der Waals surface area contributed by atoms with Crippen molar-refractivity contribution in [3.05, 3.63) is 29.8 Å². The first-order valence-electron chi connectivity index (χ1n) is 7.20. The van der Waals surface area contributed by atoms with Crippen molar-refractivity contribution in [1.29, 1.82) is 0 Å². The monoisotopic (exact) mass is 244 g/mol. The van der Waals surface area contributed by atoms with Gasteiger partial charge in [-0.2, -0.15) is 0 Å². The van der Waals surface area contributed by atoms with E-state index in [1.807, 2.05) is 0 Å². The number of rotatable bonds is 3. The fourth-order valence-corrected chi connectivity index (χ4v) is 2.27. The molecule has 1 aromatic rings. The van der Waals surface area contributed by atoms with Crippen LogP contribution in [0.4, 0.5) is 5.69 Å². The highest BCUT2D eigenvalue weighted by molar-refractivity contribution is 5.95. The SMILES string of the molecule is CCC(C)c1ccc(NC2=NCCCCC2)cc1. The third kappa shape index (κ3) is 3.59. The van der Waals surface area contributed by atoms with Gasteiger partial charge in [0.2, 0.25) is 0 Å². The summed E-state index contributed by atoms with van der Waals surface area (Å²) in [4.78, 5) is 4.60. The van der Waals surface area contributed by atoms with Crippen LogP contribution in [-0.2, 0) is 0 Å². The van der Waals surface area contributed by atoms with Crippen molar-refractivity contribution in [1.82, 2.24) is 0 Å². The third-order valence-electron chi connectivity index (χ3n) is 3.76. The van der Waals surface area contributed by atoms with Gasteiger partial charge in [0.25, 0.3) is 0 Å². The minimum atomic E-state index is 0.647. The number of amidine groups is 1. The van der Waals surface area contributed by atoms with E-state index in [0.29, 0.717) is 5.92 Å². The average molecular weight is 244 g/mol. The first-order chi connectivity index (χ1) is 8.79. The van der Waals surface area contributed by atoms with E-state index in [2.05, 4.69) is 48.4 Å². The predicted octanol–water partition coefficient (Wildman–Crippen LogP) is 4.58. The minimum absolute atomic E-state index is 0.647. The minimum Gasteiger partial charge on any atom is -0.344 e. The van der Waals surface area contributed by atoms with Crippen LogP contribution >= 0.6 is 0 Å². The molecule has 1 aliphatic rings. The molecule has 0 fully saturated rings. The number of hydrogen-bond donors (Lipinski definition) is 1. The van der Waals surface area contributed by atoms with Gasteiger partial charge in [0.1, 0.15) is 5.84 Å². The van der Waals surface area contributed by atoms with Gasteiger partial charge < -0.3 is 5.32 Å². The quantitative estimate of drug-likeness (QED) is 0.826. The van der Waals surface area contributed by atoms with Crippen molar-refractivity contribution in [2.75, 3.05) is 11.9 Å². The van der Waals surface area contributed by atoms with E-state index in [0.717, 1.165) is 18.8 Å². The van der Waals surface area contributed by atoms with E-state index in [1.54, 1.807) is 0 Å². The molecule has 1 N–H and O–H groups in total. The summed E-state index contributed by atoms with van der Waals surface area (Å²) in [6.07, 6.45) is 6.09. The van der Waals surface area contributed by atoms with Crippen molar-refractivity contribution in [2.45, 2.75) is 51.9 Å². The van der Waals surface area contributed by atoms with Gasteiger partial charge in [0, 0.05) is 18.7 Å². The van der Waals surface area contributed by atoms with Crippen LogP contribution in [0.5, 0.6) is 0 Å². The maximum absolute atomic E-state index is 4.60. The topological polar surface area (TPSA) is 24.4 Å². The molecule has 0 bridgehead atoms. The summed E-state index contributed by atoms with van der Waals surface area (Å²) in [6.45, 7) is 5.49. The molecule has 2 heteroatoms. The maximum Gasteiger partial charge on any atom is 0.101 e. The Hall–Kier alpha value is -1.31. The molecule has 0 saturated carbocycles. The van der Waals surface area contributed by atoms with E-state index in [9.17, 15) is 0 Å². The van der Waals surface area contributed by atoms with Crippen LogP contribution in [0, 0.1) is 0 Å². The van der Waals surface area contributed by atoms with Crippen LogP contribution in [0.25, 0.3) is 0 Å². The average Bonchev–Trinajstić information content (AvgIpc) is 2.67. The summed E-state index contributed by atoms with van der Waals surface area (Å²) in [5, 5.41) is 3.45. The molecule has 1 aliphatic heterocycles. The second-order valence-electron chi connectivity index (χ2n) is 5.20. The fraction of sp³-hybridized carbons (Fsp3) is 0.562. The van der Waals surface area contributed by atoms with Crippen molar-refractivity contribution >= 4 is 11.5 Å². The molecule has 0 radical (unpaired) electrons. The van der Waals surface area contributed by atoms with Crippen LogP contribution in [0.2, 0.25) is 0 Å².